The maximum absolute atomic E-state index is 14.6. The van der Waals surface area contributed by atoms with Gasteiger partial charge >= 0.3 is 6.09 Å². The van der Waals surface area contributed by atoms with Gasteiger partial charge in [0.05, 0.1) is 29.6 Å². The van der Waals surface area contributed by atoms with Crippen LogP contribution >= 0.6 is 11.6 Å². The Morgan fingerprint density at radius 2 is 1.82 bits per heavy atom. The molecular formula is C44H46ClN3O8. The minimum Gasteiger partial charge on any atom is -0.507 e. The Morgan fingerprint density at radius 1 is 1.04 bits per heavy atom. The first kappa shape index (κ1) is 37.8. The standard InChI is InChI=1S/C44H46ClN3O8/c1-3-17-55-44(52)48-34-23-38(53-19-10-15-39(50)46-26-30(24-45)41-32-14-7-6-13-31(32)37(49)22-35(41)46)27(2)20-33(34)42(51)47-25-29-12-5-4-11-28(29)21-36(47)43(48)56-40-16-8-9-18-54-40/h3-7,11-14,20,22-23,30,36,40,43,49H,1,8-10,15-19,21,24-26H2,2H3/t30-,36+,40?,43?/m1/s1. The van der Waals surface area contributed by atoms with Crippen molar-refractivity contribution in [1.29, 1.82) is 0 Å². The Labute approximate surface area is 331 Å². The number of anilines is 2. The van der Waals surface area contributed by atoms with Crippen molar-refractivity contribution in [3.8, 4) is 11.5 Å². The molecule has 11 nitrogen and oxygen atoms in total. The van der Waals surface area contributed by atoms with Gasteiger partial charge in [-0.25, -0.2) is 9.69 Å². The van der Waals surface area contributed by atoms with Gasteiger partial charge in [0.1, 0.15) is 18.1 Å². The summed E-state index contributed by atoms with van der Waals surface area (Å²) in [6.07, 6.45) is 2.88. The summed E-state index contributed by atoms with van der Waals surface area (Å²) >= 11 is 6.40. The van der Waals surface area contributed by atoms with E-state index in [1.165, 1.54) is 11.0 Å². The molecule has 0 spiro atoms. The number of hydrogen-bond donors (Lipinski definition) is 1. The number of nitrogens with zero attached hydrogens (tertiary/aromatic N) is 3. The Kier molecular flexibility index (Phi) is 10.9. The van der Waals surface area contributed by atoms with Gasteiger partial charge in [-0.05, 0) is 72.7 Å². The van der Waals surface area contributed by atoms with Crippen LogP contribution < -0.4 is 14.5 Å². The Balaban J connectivity index is 1.06. The number of alkyl halides is 1. The van der Waals surface area contributed by atoms with E-state index in [2.05, 4.69) is 12.6 Å². The zero-order valence-electron chi connectivity index (χ0n) is 31.5. The number of rotatable bonds is 10. The van der Waals surface area contributed by atoms with Crippen molar-refractivity contribution in [2.75, 3.05) is 42.0 Å². The van der Waals surface area contributed by atoms with Crippen LogP contribution in [0.3, 0.4) is 0 Å². The highest BCUT2D eigenvalue weighted by Gasteiger charge is 2.47. The lowest BCUT2D eigenvalue weighted by molar-refractivity contribution is -0.197. The highest BCUT2D eigenvalue weighted by molar-refractivity contribution is 6.19. The number of aryl methyl sites for hydroxylation is 1. The minimum atomic E-state index is -0.932. The average molecular weight is 780 g/mol. The second kappa shape index (κ2) is 16.2. The van der Waals surface area contributed by atoms with E-state index < -0.39 is 24.7 Å². The van der Waals surface area contributed by atoms with Gasteiger partial charge in [0.15, 0.2) is 12.5 Å². The lowest BCUT2D eigenvalue weighted by Gasteiger charge is -2.43. The van der Waals surface area contributed by atoms with Gasteiger partial charge in [0.25, 0.3) is 5.91 Å². The average Bonchev–Trinajstić information content (AvgIpc) is 3.56. The molecule has 12 heteroatoms. The van der Waals surface area contributed by atoms with Crippen LogP contribution in [-0.2, 0) is 32.0 Å². The molecule has 4 aliphatic rings. The normalized spacial score (nSPS) is 21.5. The highest BCUT2D eigenvalue weighted by Crippen LogP contribution is 2.46. The van der Waals surface area contributed by atoms with Crippen LogP contribution in [0.5, 0.6) is 11.5 Å². The van der Waals surface area contributed by atoms with Crippen molar-refractivity contribution in [3.05, 3.63) is 107 Å². The van der Waals surface area contributed by atoms with E-state index in [-0.39, 0.29) is 43.1 Å². The van der Waals surface area contributed by atoms with Crippen LogP contribution in [-0.4, -0.2) is 78.7 Å². The third-order valence-electron chi connectivity index (χ3n) is 11.3. The predicted molar refractivity (Wildman–Crippen MR) is 214 cm³/mol. The van der Waals surface area contributed by atoms with Crippen molar-refractivity contribution in [1.82, 2.24) is 4.90 Å². The fourth-order valence-electron chi connectivity index (χ4n) is 8.55. The molecule has 1 saturated heterocycles. The number of phenols is 1. The summed E-state index contributed by atoms with van der Waals surface area (Å²) < 4.78 is 24.7. The van der Waals surface area contributed by atoms with E-state index in [9.17, 15) is 19.5 Å². The Morgan fingerprint density at radius 3 is 2.59 bits per heavy atom. The summed E-state index contributed by atoms with van der Waals surface area (Å²) in [6.45, 7) is 7.07. The van der Waals surface area contributed by atoms with Crippen LogP contribution in [0.1, 0.15) is 70.6 Å². The van der Waals surface area contributed by atoms with E-state index >= 15 is 0 Å². The number of halogens is 1. The van der Waals surface area contributed by atoms with Crippen LogP contribution in [0.25, 0.3) is 10.8 Å². The highest BCUT2D eigenvalue weighted by atomic mass is 35.5. The number of carbonyl (C=O) groups is 3. The fraction of sp³-hybridized carbons (Fsp3) is 0.386. The summed E-state index contributed by atoms with van der Waals surface area (Å²) in [5, 5.41) is 12.4. The molecule has 0 radical (unpaired) electrons. The second-order valence-corrected chi connectivity index (χ2v) is 15.2. The topological polar surface area (TPSA) is 118 Å². The van der Waals surface area contributed by atoms with Gasteiger partial charge in [-0.15, -0.1) is 11.6 Å². The summed E-state index contributed by atoms with van der Waals surface area (Å²) in [5.41, 5.74) is 5.13. The maximum atomic E-state index is 14.6. The summed E-state index contributed by atoms with van der Waals surface area (Å²) in [7, 11) is 0. The summed E-state index contributed by atoms with van der Waals surface area (Å²) in [4.78, 5) is 47.4. The van der Waals surface area contributed by atoms with Gasteiger partial charge < -0.3 is 33.9 Å². The first-order valence-electron chi connectivity index (χ1n) is 19.4. The Bertz CT molecular complexity index is 2170. The number of ether oxygens (including phenoxy) is 4. The van der Waals surface area contributed by atoms with E-state index in [1.54, 1.807) is 28.0 Å². The quantitative estimate of drug-likeness (QED) is 0.0979. The summed E-state index contributed by atoms with van der Waals surface area (Å²) in [6, 6.07) is 20.2. The lowest BCUT2D eigenvalue weighted by Crippen LogP contribution is -2.58. The van der Waals surface area contributed by atoms with Crippen molar-refractivity contribution in [2.45, 2.75) is 76.5 Å². The molecule has 4 aromatic rings. The van der Waals surface area contributed by atoms with E-state index in [1.807, 2.05) is 49.4 Å². The number of fused-ring (bicyclic) bond motifs is 6. The molecular weight excluding hydrogens is 734 g/mol. The molecule has 4 aliphatic heterocycles. The fourth-order valence-corrected chi connectivity index (χ4v) is 8.80. The van der Waals surface area contributed by atoms with Crippen LogP contribution in [0.4, 0.5) is 16.2 Å². The number of benzene rings is 4. The first-order valence-corrected chi connectivity index (χ1v) is 19.9. The van der Waals surface area contributed by atoms with E-state index in [0.29, 0.717) is 73.1 Å². The number of aromatic hydroxyl groups is 1. The number of phenolic OH excluding ortho intramolecular Hbond substituents is 1. The van der Waals surface area contributed by atoms with Gasteiger partial charge in [-0.2, -0.15) is 0 Å². The molecule has 0 saturated carbocycles. The smallest absolute Gasteiger partial charge is 0.416 e. The number of amides is 3. The molecule has 1 N–H and O–H groups in total. The predicted octanol–water partition coefficient (Wildman–Crippen LogP) is 7.96. The molecule has 4 atom stereocenters. The molecule has 1 fully saturated rings. The molecule has 8 rings (SSSR count). The minimum absolute atomic E-state index is 0.0330. The lowest BCUT2D eigenvalue weighted by atomic mass is 9.92. The van der Waals surface area contributed by atoms with Crippen LogP contribution in [0, 0.1) is 6.92 Å². The second-order valence-electron chi connectivity index (χ2n) is 14.8. The largest absolute Gasteiger partial charge is 0.507 e. The van der Waals surface area contributed by atoms with Crippen molar-refractivity contribution in [3.63, 3.8) is 0 Å². The van der Waals surface area contributed by atoms with Gasteiger partial charge in [-0.3, -0.25) is 9.59 Å². The monoisotopic (exact) mass is 779 g/mol. The van der Waals surface area contributed by atoms with E-state index in [0.717, 1.165) is 40.3 Å². The molecule has 292 valence electrons. The third-order valence-corrected chi connectivity index (χ3v) is 11.7. The molecule has 4 aromatic carbocycles. The molecule has 0 bridgehead atoms. The number of hydrogen-bond acceptors (Lipinski definition) is 8. The molecule has 3 amide bonds. The summed E-state index contributed by atoms with van der Waals surface area (Å²) in [5.74, 6) is 0.547. The number of carbonyl (C=O) groups excluding carboxylic acids is 3. The third kappa shape index (κ3) is 7.08. The van der Waals surface area contributed by atoms with Crippen molar-refractivity contribution < 1.29 is 38.4 Å². The van der Waals surface area contributed by atoms with E-state index in [4.69, 9.17) is 30.5 Å². The SMILES string of the molecule is C=CCOC(=O)N1c2cc(OCCCC(=O)N3C[C@@H](CCl)c4c3cc(O)c3ccccc43)c(C)cc2C(=O)N2Cc3ccccc3C[C@H]2C1OC1CCCCO1. The van der Waals surface area contributed by atoms with Crippen molar-refractivity contribution in [2.24, 2.45) is 0 Å². The molecule has 0 aromatic heterocycles. The van der Waals surface area contributed by atoms with Gasteiger partial charge in [0, 0.05) is 55.4 Å². The molecule has 4 heterocycles. The van der Waals surface area contributed by atoms with Crippen molar-refractivity contribution >= 4 is 51.7 Å². The molecule has 56 heavy (non-hydrogen) atoms. The Hall–Kier alpha value is -5.10. The molecule has 2 unspecified atom stereocenters. The van der Waals surface area contributed by atoms with Crippen LogP contribution in [0.2, 0.25) is 0 Å². The maximum Gasteiger partial charge on any atom is 0.416 e. The zero-order chi connectivity index (χ0) is 38.9. The van der Waals surface area contributed by atoms with Gasteiger partial charge in [-0.1, -0.05) is 61.2 Å². The van der Waals surface area contributed by atoms with Gasteiger partial charge in [0.2, 0.25) is 5.91 Å². The zero-order valence-corrected chi connectivity index (χ0v) is 32.2. The molecule has 0 aliphatic carbocycles. The first-order chi connectivity index (χ1) is 27.3. The van der Waals surface area contributed by atoms with Crippen LogP contribution in [0.15, 0.2) is 79.4 Å².